The van der Waals surface area contributed by atoms with Gasteiger partial charge in [0.15, 0.2) is 5.78 Å². The lowest BCUT2D eigenvalue weighted by molar-refractivity contribution is 0.101. The standard InChI is InChI=1S/C18H15NO2/c1-12(20)14-8-10-18(21-2)15(11-14)17-9-7-13-5-3-4-6-16(13)19-17/h3-11H,1-2H3. The zero-order chi connectivity index (χ0) is 14.8. The van der Waals surface area contributed by atoms with Gasteiger partial charge in [0.05, 0.1) is 18.3 Å². The van der Waals surface area contributed by atoms with Crippen LogP contribution in [-0.2, 0) is 0 Å². The topological polar surface area (TPSA) is 39.2 Å². The minimum absolute atomic E-state index is 0.0275. The van der Waals surface area contributed by atoms with Crippen molar-refractivity contribution in [2.24, 2.45) is 0 Å². The van der Waals surface area contributed by atoms with Crippen molar-refractivity contribution < 1.29 is 9.53 Å². The predicted octanol–water partition coefficient (Wildman–Crippen LogP) is 4.11. The van der Waals surface area contributed by atoms with Crippen molar-refractivity contribution in [3.8, 4) is 17.0 Å². The highest BCUT2D eigenvalue weighted by Gasteiger charge is 2.11. The van der Waals surface area contributed by atoms with Gasteiger partial charge in [-0.1, -0.05) is 24.3 Å². The molecule has 0 saturated heterocycles. The molecule has 3 nitrogen and oxygen atoms in total. The zero-order valence-electron chi connectivity index (χ0n) is 12.0. The van der Waals surface area contributed by atoms with Crippen molar-refractivity contribution in [3.63, 3.8) is 0 Å². The van der Waals surface area contributed by atoms with Crippen LogP contribution in [0.4, 0.5) is 0 Å². The van der Waals surface area contributed by atoms with Crippen LogP contribution >= 0.6 is 0 Å². The van der Waals surface area contributed by atoms with Gasteiger partial charge < -0.3 is 4.74 Å². The minimum Gasteiger partial charge on any atom is -0.496 e. The van der Waals surface area contributed by atoms with E-state index in [4.69, 9.17) is 4.74 Å². The van der Waals surface area contributed by atoms with Crippen molar-refractivity contribution in [1.29, 1.82) is 0 Å². The molecule has 0 amide bonds. The van der Waals surface area contributed by atoms with E-state index in [0.717, 1.165) is 22.2 Å². The summed E-state index contributed by atoms with van der Waals surface area (Å²) in [6.07, 6.45) is 0. The van der Waals surface area contributed by atoms with E-state index in [2.05, 4.69) is 4.98 Å². The molecule has 2 aromatic carbocycles. The second kappa shape index (κ2) is 5.37. The molecule has 3 aromatic rings. The van der Waals surface area contributed by atoms with Crippen LogP contribution in [-0.4, -0.2) is 17.9 Å². The molecule has 3 rings (SSSR count). The molecular formula is C18H15NO2. The Morgan fingerprint density at radius 3 is 2.62 bits per heavy atom. The lowest BCUT2D eigenvalue weighted by atomic mass is 10.0. The fourth-order valence-electron chi connectivity index (χ4n) is 2.34. The summed E-state index contributed by atoms with van der Waals surface area (Å²) in [4.78, 5) is 16.2. The normalized spacial score (nSPS) is 10.6. The quantitative estimate of drug-likeness (QED) is 0.676. The molecule has 0 fully saturated rings. The molecule has 21 heavy (non-hydrogen) atoms. The van der Waals surface area contributed by atoms with Crippen LogP contribution in [0.3, 0.4) is 0 Å². The van der Waals surface area contributed by atoms with E-state index in [1.807, 2.05) is 48.5 Å². The fourth-order valence-corrected chi connectivity index (χ4v) is 2.34. The van der Waals surface area contributed by atoms with Crippen LogP contribution in [0.15, 0.2) is 54.6 Å². The molecule has 0 aliphatic rings. The second-order valence-corrected chi connectivity index (χ2v) is 4.86. The molecule has 0 bridgehead atoms. The monoisotopic (exact) mass is 277 g/mol. The Morgan fingerprint density at radius 2 is 1.86 bits per heavy atom. The van der Waals surface area contributed by atoms with E-state index < -0.39 is 0 Å². The number of aromatic nitrogens is 1. The van der Waals surface area contributed by atoms with Crippen molar-refractivity contribution in [2.75, 3.05) is 7.11 Å². The Labute approximate surface area is 123 Å². The Kier molecular flexibility index (Phi) is 3.40. The van der Waals surface area contributed by atoms with E-state index >= 15 is 0 Å². The highest BCUT2D eigenvalue weighted by molar-refractivity contribution is 5.96. The Bertz CT molecular complexity index is 824. The van der Waals surface area contributed by atoms with E-state index in [9.17, 15) is 4.79 Å². The first-order chi connectivity index (χ1) is 10.2. The smallest absolute Gasteiger partial charge is 0.159 e. The average molecular weight is 277 g/mol. The van der Waals surface area contributed by atoms with E-state index in [-0.39, 0.29) is 5.78 Å². The SMILES string of the molecule is COc1ccc(C(C)=O)cc1-c1ccc2ccccc2n1. The molecule has 104 valence electrons. The zero-order valence-corrected chi connectivity index (χ0v) is 12.0. The number of rotatable bonds is 3. The molecule has 0 aliphatic carbocycles. The summed E-state index contributed by atoms with van der Waals surface area (Å²) in [6, 6.07) is 17.3. The van der Waals surface area contributed by atoms with Gasteiger partial charge in [0.1, 0.15) is 5.75 Å². The van der Waals surface area contributed by atoms with E-state index in [1.54, 1.807) is 20.1 Å². The van der Waals surface area contributed by atoms with Gasteiger partial charge in [-0.2, -0.15) is 0 Å². The Balaban J connectivity index is 2.20. The minimum atomic E-state index is 0.0275. The van der Waals surface area contributed by atoms with E-state index in [0.29, 0.717) is 11.3 Å². The molecular weight excluding hydrogens is 262 g/mol. The van der Waals surface area contributed by atoms with Gasteiger partial charge in [0.25, 0.3) is 0 Å². The highest BCUT2D eigenvalue weighted by Crippen LogP contribution is 2.31. The van der Waals surface area contributed by atoms with Crippen molar-refractivity contribution >= 4 is 16.7 Å². The molecule has 3 heteroatoms. The maximum Gasteiger partial charge on any atom is 0.159 e. The summed E-state index contributed by atoms with van der Waals surface area (Å²) in [7, 11) is 1.62. The van der Waals surface area contributed by atoms with Gasteiger partial charge in [-0.25, -0.2) is 4.98 Å². The molecule has 0 aliphatic heterocycles. The molecule has 0 saturated carbocycles. The Hall–Kier alpha value is -2.68. The van der Waals surface area contributed by atoms with Gasteiger partial charge in [-0.05, 0) is 37.3 Å². The number of pyridine rings is 1. The van der Waals surface area contributed by atoms with Crippen LogP contribution in [0.25, 0.3) is 22.2 Å². The number of hydrogen-bond acceptors (Lipinski definition) is 3. The summed E-state index contributed by atoms with van der Waals surface area (Å²) < 4.78 is 5.40. The van der Waals surface area contributed by atoms with Crippen LogP contribution in [0.5, 0.6) is 5.75 Å². The number of para-hydroxylation sites is 1. The number of ketones is 1. The van der Waals surface area contributed by atoms with Crippen LogP contribution < -0.4 is 4.74 Å². The third-order valence-corrected chi connectivity index (χ3v) is 3.48. The number of carbonyl (C=O) groups is 1. The largest absolute Gasteiger partial charge is 0.496 e. The molecule has 1 heterocycles. The summed E-state index contributed by atoms with van der Waals surface area (Å²) >= 11 is 0. The van der Waals surface area contributed by atoms with Crippen LogP contribution in [0.2, 0.25) is 0 Å². The van der Waals surface area contributed by atoms with Gasteiger partial charge >= 0.3 is 0 Å². The van der Waals surface area contributed by atoms with Crippen LogP contribution in [0, 0.1) is 0 Å². The highest BCUT2D eigenvalue weighted by atomic mass is 16.5. The van der Waals surface area contributed by atoms with E-state index in [1.165, 1.54) is 0 Å². The van der Waals surface area contributed by atoms with Gasteiger partial charge in [0.2, 0.25) is 0 Å². The number of ether oxygens (including phenoxy) is 1. The molecule has 1 aromatic heterocycles. The summed E-state index contributed by atoms with van der Waals surface area (Å²) in [5.41, 5.74) is 3.20. The average Bonchev–Trinajstić information content (AvgIpc) is 2.53. The predicted molar refractivity (Wildman–Crippen MR) is 83.7 cm³/mol. The number of benzene rings is 2. The number of nitrogens with zero attached hydrogens (tertiary/aromatic N) is 1. The molecule has 0 unspecified atom stereocenters. The third-order valence-electron chi connectivity index (χ3n) is 3.48. The summed E-state index contributed by atoms with van der Waals surface area (Å²) in [5.74, 6) is 0.738. The summed E-state index contributed by atoms with van der Waals surface area (Å²) in [5, 5.41) is 1.09. The first-order valence-electron chi connectivity index (χ1n) is 6.74. The van der Waals surface area contributed by atoms with Crippen molar-refractivity contribution in [2.45, 2.75) is 6.92 Å². The number of fused-ring (bicyclic) bond motifs is 1. The number of methoxy groups -OCH3 is 1. The number of Topliss-reactive ketones (excluding diaryl/α,β-unsaturated/α-hetero) is 1. The van der Waals surface area contributed by atoms with Gasteiger partial charge in [-0.15, -0.1) is 0 Å². The summed E-state index contributed by atoms with van der Waals surface area (Å²) in [6.45, 7) is 1.55. The lowest BCUT2D eigenvalue weighted by Gasteiger charge is -2.10. The second-order valence-electron chi connectivity index (χ2n) is 4.86. The maximum atomic E-state index is 11.6. The van der Waals surface area contributed by atoms with Gasteiger partial charge in [-0.3, -0.25) is 4.79 Å². The number of hydrogen-bond donors (Lipinski definition) is 0. The van der Waals surface area contributed by atoms with Crippen molar-refractivity contribution in [1.82, 2.24) is 4.98 Å². The maximum absolute atomic E-state index is 11.6. The number of carbonyl (C=O) groups excluding carboxylic acids is 1. The molecule has 0 radical (unpaired) electrons. The van der Waals surface area contributed by atoms with Crippen molar-refractivity contribution in [3.05, 3.63) is 60.2 Å². The molecule has 0 N–H and O–H groups in total. The first-order valence-corrected chi connectivity index (χ1v) is 6.74. The molecule has 0 spiro atoms. The first kappa shape index (κ1) is 13.3. The Morgan fingerprint density at radius 1 is 1.05 bits per heavy atom. The molecule has 0 atom stereocenters. The van der Waals surface area contributed by atoms with Gasteiger partial charge in [0, 0.05) is 16.5 Å². The lowest BCUT2D eigenvalue weighted by Crippen LogP contribution is -1.96. The van der Waals surface area contributed by atoms with Crippen LogP contribution in [0.1, 0.15) is 17.3 Å². The third kappa shape index (κ3) is 2.50. The fraction of sp³-hybridized carbons (Fsp3) is 0.111.